The molecule has 4 nitrogen and oxygen atoms in total. The number of carbonyl (C=O) groups excluding carboxylic acids is 2. The third-order valence-corrected chi connectivity index (χ3v) is 4.41. The standard InChI is InChI=1S/C21H18ClNO3/c1-26-21(25)19(12-14-6-10-18(22)11-7-14)23-20(24)17-9-8-15-4-2-3-5-16(15)13-17/h2-11,13,19H,12H2,1H3,(H,23,24)/t19-/m1/s1. The molecule has 0 saturated carbocycles. The fourth-order valence-electron chi connectivity index (χ4n) is 2.76. The Labute approximate surface area is 156 Å². The van der Waals surface area contributed by atoms with Crippen molar-refractivity contribution in [1.29, 1.82) is 0 Å². The lowest BCUT2D eigenvalue weighted by atomic mass is 10.0. The van der Waals surface area contributed by atoms with E-state index in [2.05, 4.69) is 5.32 Å². The van der Waals surface area contributed by atoms with Crippen molar-refractivity contribution in [2.45, 2.75) is 12.5 Å². The van der Waals surface area contributed by atoms with Crippen molar-refractivity contribution in [3.8, 4) is 0 Å². The molecule has 132 valence electrons. The molecule has 0 fully saturated rings. The van der Waals surface area contributed by atoms with Gasteiger partial charge in [0.25, 0.3) is 5.91 Å². The number of amides is 1. The fraction of sp³-hybridized carbons (Fsp3) is 0.143. The van der Waals surface area contributed by atoms with Gasteiger partial charge in [0.2, 0.25) is 0 Å². The summed E-state index contributed by atoms with van der Waals surface area (Å²) in [6.07, 6.45) is 0.323. The third-order valence-electron chi connectivity index (χ3n) is 4.16. The highest BCUT2D eigenvalue weighted by Gasteiger charge is 2.22. The second-order valence-corrected chi connectivity index (χ2v) is 6.38. The Balaban J connectivity index is 1.79. The normalized spacial score (nSPS) is 11.8. The molecule has 26 heavy (non-hydrogen) atoms. The lowest BCUT2D eigenvalue weighted by molar-refractivity contribution is -0.142. The number of benzene rings is 3. The summed E-state index contributed by atoms with van der Waals surface area (Å²) in [5, 5.41) is 5.40. The van der Waals surface area contributed by atoms with Crippen molar-refractivity contribution in [3.63, 3.8) is 0 Å². The van der Waals surface area contributed by atoms with Crippen molar-refractivity contribution in [2.75, 3.05) is 7.11 Å². The van der Waals surface area contributed by atoms with Crippen LogP contribution in [-0.2, 0) is 16.0 Å². The minimum absolute atomic E-state index is 0.319. The Bertz CT molecular complexity index is 937. The van der Waals surface area contributed by atoms with Crippen molar-refractivity contribution in [2.24, 2.45) is 0 Å². The van der Waals surface area contributed by atoms with Crippen LogP contribution in [-0.4, -0.2) is 25.0 Å². The summed E-state index contributed by atoms with van der Waals surface area (Å²) in [7, 11) is 1.30. The van der Waals surface area contributed by atoms with Crippen LogP contribution in [0, 0.1) is 0 Å². The Morgan fingerprint density at radius 3 is 2.38 bits per heavy atom. The van der Waals surface area contributed by atoms with Crippen molar-refractivity contribution in [1.82, 2.24) is 5.32 Å². The number of methoxy groups -OCH3 is 1. The molecule has 1 atom stereocenters. The van der Waals surface area contributed by atoms with Crippen LogP contribution >= 0.6 is 11.6 Å². The maximum atomic E-state index is 12.6. The fourth-order valence-corrected chi connectivity index (χ4v) is 2.89. The minimum atomic E-state index is -0.778. The molecule has 0 aliphatic rings. The lowest BCUT2D eigenvalue weighted by Gasteiger charge is -2.17. The van der Waals surface area contributed by atoms with E-state index < -0.39 is 12.0 Å². The van der Waals surface area contributed by atoms with Crippen molar-refractivity contribution in [3.05, 3.63) is 82.9 Å². The first-order valence-electron chi connectivity index (χ1n) is 8.19. The minimum Gasteiger partial charge on any atom is -0.467 e. The van der Waals surface area contributed by atoms with E-state index >= 15 is 0 Å². The molecule has 0 saturated heterocycles. The Morgan fingerprint density at radius 2 is 1.69 bits per heavy atom. The predicted octanol–water partition coefficient (Wildman–Crippen LogP) is 4.01. The van der Waals surface area contributed by atoms with Gasteiger partial charge >= 0.3 is 5.97 Å². The number of nitrogens with one attached hydrogen (secondary N) is 1. The summed E-state index contributed by atoms with van der Waals surface area (Å²) in [5.41, 5.74) is 1.37. The molecular weight excluding hydrogens is 350 g/mol. The van der Waals surface area contributed by atoms with E-state index in [1.165, 1.54) is 7.11 Å². The van der Waals surface area contributed by atoms with Crippen LogP contribution in [0.25, 0.3) is 10.8 Å². The highest BCUT2D eigenvalue weighted by molar-refractivity contribution is 6.30. The number of esters is 1. The Hall–Kier alpha value is -2.85. The third kappa shape index (κ3) is 4.21. The average Bonchev–Trinajstić information content (AvgIpc) is 2.68. The summed E-state index contributed by atoms with van der Waals surface area (Å²) in [6, 6.07) is 19.6. The first-order valence-corrected chi connectivity index (χ1v) is 8.56. The first kappa shape index (κ1) is 18.0. The van der Waals surface area contributed by atoms with Gasteiger partial charge in [0.15, 0.2) is 0 Å². The van der Waals surface area contributed by atoms with Crippen LogP contribution < -0.4 is 5.32 Å². The van der Waals surface area contributed by atoms with Gasteiger partial charge < -0.3 is 10.1 Å². The topological polar surface area (TPSA) is 55.4 Å². The number of hydrogen-bond donors (Lipinski definition) is 1. The molecule has 3 rings (SSSR count). The highest BCUT2D eigenvalue weighted by Crippen LogP contribution is 2.16. The second-order valence-electron chi connectivity index (χ2n) is 5.94. The van der Waals surface area contributed by atoms with Crippen LogP contribution in [0.2, 0.25) is 5.02 Å². The molecule has 0 radical (unpaired) electrons. The van der Waals surface area contributed by atoms with E-state index in [1.54, 1.807) is 24.3 Å². The van der Waals surface area contributed by atoms with Gasteiger partial charge in [-0.05, 0) is 40.6 Å². The summed E-state index contributed by atoms with van der Waals surface area (Å²) < 4.78 is 4.84. The molecule has 0 bridgehead atoms. The number of hydrogen-bond acceptors (Lipinski definition) is 3. The molecule has 0 spiro atoms. The number of halogens is 1. The van der Waals surface area contributed by atoms with Crippen molar-refractivity contribution >= 4 is 34.2 Å². The maximum absolute atomic E-state index is 12.6. The van der Waals surface area contributed by atoms with E-state index in [9.17, 15) is 9.59 Å². The molecule has 0 unspecified atom stereocenters. The zero-order chi connectivity index (χ0) is 18.5. The van der Waals surface area contributed by atoms with Crippen LogP contribution in [0.1, 0.15) is 15.9 Å². The van der Waals surface area contributed by atoms with Gasteiger partial charge in [-0.1, -0.05) is 54.1 Å². The average molecular weight is 368 g/mol. The predicted molar refractivity (Wildman–Crippen MR) is 102 cm³/mol. The van der Waals surface area contributed by atoms with E-state index in [0.717, 1.165) is 16.3 Å². The molecular formula is C21H18ClNO3. The van der Waals surface area contributed by atoms with Crippen LogP contribution in [0.3, 0.4) is 0 Å². The summed E-state index contributed by atoms with van der Waals surface area (Å²) in [4.78, 5) is 24.7. The van der Waals surface area contributed by atoms with E-state index in [4.69, 9.17) is 16.3 Å². The Morgan fingerprint density at radius 1 is 1.00 bits per heavy atom. The van der Waals surface area contributed by atoms with Gasteiger partial charge in [-0.15, -0.1) is 0 Å². The van der Waals surface area contributed by atoms with Gasteiger partial charge in [-0.25, -0.2) is 4.79 Å². The molecule has 1 amide bonds. The second kappa shape index (κ2) is 8.02. The van der Waals surface area contributed by atoms with E-state index in [-0.39, 0.29) is 5.91 Å². The van der Waals surface area contributed by atoms with E-state index in [0.29, 0.717) is 17.0 Å². The SMILES string of the molecule is COC(=O)[C@@H](Cc1ccc(Cl)cc1)NC(=O)c1ccc2ccccc2c1. The molecule has 1 N–H and O–H groups in total. The molecule has 0 aliphatic carbocycles. The highest BCUT2D eigenvalue weighted by atomic mass is 35.5. The molecule has 0 aromatic heterocycles. The van der Waals surface area contributed by atoms with Crippen LogP contribution in [0.4, 0.5) is 0 Å². The quantitative estimate of drug-likeness (QED) is 0.693. The number of ether oxygens (including phenoxy) is 1. The van der Waals surface area contributed by atoms with Crippen molar-refractivity contribution < 1.29 is 14.3 Å². The van der Waals surface area contributed by atoms with Gasteiger partial charge in [-0.3, -0.25) is 4.79 Å². The molecule has 3 aromatic carbocycles. The smallest absolute Gasteiger partial charge is 0.328 e. The summed E-state index contributed by atoms with van der Waals surface area (Å²) in [6.45, 7) is 0. The zero-order valence-electron chi connectivity index (χ0n) is 14.2. The van der Waals surface area contributed by atoms with Gasteiger partial charge in [0.05, 0.1) is 7.11 Å². The number of carbonyl (C=O) groups is 2. The number of rotatable bonds is 5. The monoisotopic (exact) mass is 367 g/mol. The first-order chi connectivity index (χ1) is 12.6. The lowest BCUT2D eigenvalue weighted by Crippen LogP contribution is -2.43. The zero-order valence-corrected chi connectivity index (χ0v) is 15.0. The maximum Gasteiger partial charge on any atom is 0.328 e. The van der Waals surface area contributed by atoms with Gasteiger partial charge in [-0.2, -0.15) is 0 Å². The van der Waals surface area contributed by atoms with Gasteiger partial charge in [0, 0.05) is 17.0 Å². The molecule has 3 aromatic rings. The van der Waals surface area contributed by atoms with E-state index in [1.807, 2.05) is 42.5 Å². The van der Waals surface area contributed by atoms with Crippen LogP contribution in [0.15, 0.2) is 66.7 Å². The summed E-state index contributed by atoms with van der Waals surface area (Å²) in [5.74, 6) is -0.811. The number of fused-ring (bicyclic) bond motifs is 1. The molecule has 0 aliphatic heterocycles. The van der Waals surface area contributed by atoms with Gasteiger partial charge in [0.1, 0.15) is 6.04 Å². The summed E-state index contributed by atoms with van der Waals surface area (Å²) >= 11 is 5.89. The molecule has 0 heterocycles. The molecule has 5 heteroatoms. The Kier molecular flexibility index (Phi) is 5.54. The van der Waals surface area contributed by atoms with Crippen LogP contribution in [0.5, 0.6) is 0 Å². The largest absolute Gasteiger partial charge is 0.467 e.